The molecule has 1 atom stereocenters. The summed E-state index contributed by atoms with van der Waals surface area (Å²) in [7, 11) is 1.70. The van der Waals surface area contributed by atoms with Crippen molar-refractivity contribution in [1.82, 2.24) is 0 Å². The van der Waals surface area contributed by atoms with Gasteiger partial charge in [0, 0.05) is 16.1 Å². The first kappa shape index (κ1) is 15.1. The molecule has 0 aliphatic rings. The van der Waals surface area contributed by atoms with Gasteiger partial charge in [0.15, 0.2) is 0 Å². The molecule has 20 heavy (non-hydrogen) atoms. The molecule has 0 aromatic heterocycles. The number of hydrogen-bond acceptors (Lipinski definition) is 2. The molecule has 0 amide bonds. The second kappa shape index (κ2) is 6.42. The van der Waals surface area contributed by atoms with Crippen LogP contribution in [0.3, 0.4) is 0 Å². The van der Waals surface area contributed by atoms with Crippen LogP contribution < -0.4 is 10.5 Å². The van der Waals surface area contributed by atoms with Gasteiger partial charge in [0.05, 0.1) is 7.11 Å². The van der Waals surface area contributed by atoms with Crippen molar-refractivity contribution < 1.29 is 4.74 Å². The molecule has 106 valence electrons. The van der Waals surface area contributed by atoms with Crippen molar-refractivity contribution in [1.29, 1.82) is 0 Å². The number of ether oxygens (including phenoxy) is 1. The Labute approximate surface area is 129 Å². The lowest BCUT2D eigenvalue weighted by Gasteiger charge is -2.19. The topological polar surface area (TPSA) is 35.2 Å². The van der Waals surface area contributed by atoms with Crippen LogP contribution in [-0.4, -0.2) is 7.11 Å². The normalized spacial score (nSPS) is 12.2. The van der Waals surface area contributed by atoms with Crippen LogP contribution in [0.1, 0.15) is 28.3 Å². The molecule has 0 aliphatic carbocycles. The molecule has 2 rings (SSSR count). The van der Waals surface area contributed by atoms with Crippen molar-refractivity contribution in [3.05, 3.63) is 63.1 Å². The van der Waals surface area contributed by atoms with Gasteiger partial charge in [-0.1, -0.05) is 34.1 Å². The van der Waals surface area contributed by atoms with Crippen molar-refractivity contribution in [3.8, 4) is 5.75 Å². The summed E-state index contributed by atoms with van der Waals surface area (Å²) in [4.78, 5) is 0. The van der Waals surface area contributed by atoms with E-state index in [-0.39, 0.29) is 6.04 Å². The van der Waals surface area contributed by atoms with Gasteiger partial charge in [-0.25, -0.2) is 0 Å². The summed E-state index contributed by atoms with van der Waals surface area (Å²) in [6, 6.07) is 12.4. The lowest BCUT2D eigenvalue weighted by atomic mass is 9.94. The molecule has 2 nitrogen and oxygen atoms in total. The molecule has 0 aliphatic heterocycles. The SMILES string of the molecule is COc1cc(C)cc(C)c1C(N)Cc1ccc(Br)cc1. The number of benzene rings is 2. The molecule has 0 saturated heterocycles. The van der Waals surface area contributed by atoms with Crippen LogP contribution in [0.15, 0.2) is 40.9 Å². The van der Waals surface area contributed by atoms with Gasteiger partial charge in [-0.2, -0.15) is 0 Å². The summed E-state index contributed by atoms with van der Waals surface area (Å²) in [6.45, 7) is 4.16. The number of halogens is 1. The van der Waals surface area contributed by atoms with Crippen LogP contribution in [0.4, 0.5) is 0 Å². The Morgan fingerprint density at radius 2 is 1.80 bits per heavy atom. The zero-order valence-electron chi connectivity index (χ0n) is 12.1. The average molecular weight is 334 g/mol. The summed E-state index contributed by atoms with van der Waals surface area (Å²) < 4.78 is 6.58. The van der Waals surface area contributed by atoms with Crippen LogP contribution >= 0.6 is 15.9 Å². The fraction of sp³-hybridized carbons (Fsp3) is 0.294. The molecule has 0 bridgehead atoms. The zero-order valence-corrected chi connectivity index (χ0v) is 13.7. The Kier molecular flexibility index (Phi) is 4.84. The Morgan fingerprint density at radius 3 is 2.40 bits per heavy atom. The largest absolute Gasteiger partial charge is 0.496 e. The molecule has 2 aromatic carbocycles. The lowest BCUT2D eigenvalue weighted by Crippen LogP contribution is -2.16. The second-order valence-electron chi connectivity index (χ2n) is 5.13. The third-order valence-electron chi connectivity index (χ3n) is 3.45. The fourth-order valence-corrected chi connectivity index (χ4v) is 2.82. The van der Waals surface area contributed by atoms with Gasteiger partial charge in [0.25, 0.3) is 0 Å². The maximum absolute atomic E-state index is 6.40. The summed E-state index contributed by atoms with van der Waals surface area (Å²) in [5.74, 6) is 0.882. The Bertz CT molecular complexity index is 593. The summed E-state index contributed by atoms with van der Waals surface area (Å²) in [6.07, 6.45) is 0.799. The molecule has 0 saturated carbocycles. The lowest BCUT2D eigenvalue weighted by molar-refractivity contribution is 0.404. The third kappa shape index (κ3) is 3.41. The van der Waals surface area contributed by atoms with E-state index in [4.69, 9.17) is 10.5 Å². The van der Waals surface area contributed by atoms with E-state index in [1.165, 1.54) is 16.7 Å². The minimum Gasteiger partial charge on any atom is -0.496 e. The smallest absolute Gasteiger partial charge is 0.124 e. The van der Waals surface area contributed by atoms with E-state index in [1.54, 1.807) is 7.11 Å². The molecule has 0 heterocycles. The second-order valence-corrected chi connectivity index (χ2v) is 6.05. The molecule has 0 spiro atoms. The van der Waals surface area contributed by atoms with Crippen molar-refractivity contribution in [2.75, 3.05) is 7.11 Å². The monoisotopic (exact) mass is 333 g/mol. The fourth-order valence-electron chi connectivity index (χ4n) is 2.56. The standard InChI is InChI=1S/C17H20BrNO/c1-11-8-12(2)17(16(9-11)20-3)15(19)10-13-4-6-14(18)7-5-13/h4-9,15H,10,19H2,1-3H3. The summed E-state index contributed by atoms with van der Waals surface area (Å²) >= 11 is 3.45. The van der Waals surface area contributed by atoms with Gasteiger partial charge in [-0.3, -0.25) is 0 Å². The van der Waals surface area contributed by atoms with Crippen molar-refractivity contribution in [3.63, 3.8) is 0 Å². The van der Waals surface area contributed by atoms with E-state index in [2.05, 4.69) is 48.0 Å². The third-order valence-corrected chi connectivity index (χ3v) is 3.98. The van der Waals surface area contributed by atoms with Gasteiger partial charge in [-0.15, -0.1) is 0 Å². The Hall–Kier alpha value is -1.32. The number of methoxy groups -OCH3 is 1. The summed E-state index contributed by atoms with van der Waals surface area (Å²) in [5.41, 5.74) is 11.1. The van der Waals surface area contributed by atoms with Gasteiger partial charge in [0.1, 0.15) is 5.75 Å². The van der Waals surface area contributed by atoms with Gasteiger partial charge in [-0.05, 0) is 55.2 Å². The van der Waals surface area contributed by atoms with Crippen LogP contribution in [-0.2, 0) is 6.42 Å². The Balaban J connectivity index is 2.29. The van der Waals surface area contributed by atoms with Crippen molar-refractivity contribution in [2.24, 2.45) is 5.73 Å². The number of aryl methyl sites for hydroxylation is 2. The molecule has 2 aromatic rings. The summed E-state index contributed by atoms with van der Waals surface area (Å²) in [5, 5.41) is 0. The zero-order chi connectivity index (χ0) is 14.7. The van der Waals surface area contributed by atoms with Crippen LogP contribution in [0, 0.1) is 13.8 Å². The molecule has 3 heteroatoms. The molecule has 1 unspecified atom stereocenters. The minimum absolute atomic E-state index is 0.0632. The molecular weight excluding hydrogens is 314 g/mol. The first-order valence-electron chi connectivity index (χ1n) is 6.66. The van der Waals surface area contributed by atoms with Crippen LogP contribution in [0.5, 0.6) is 5.75 Å². The highest BCUT2D eigenvalue weighted by molar-refractivity contribution is 9.10. The number of rotatable bonds is 4. The van der Waals surface area contributed by atoms with E-state index in [9.17, 15) is 0 Å². The number of nitrogens with two attached hydrogens (primary N) is 1. The van der Waals surface area contributed by atoms with E-state index < -0.39 is 0 Å². The van der Waals surface area contributed by atoms with Gasteiger partial charge in [0.2, 0.25) is 0 Å². The van der Waals surface area contributed by atoms with E-state index in [1.807, 2.05) is 18.2 Å². The molecule has 0 radical (unpaired) electrons. The first-order valence-corrected chi connectivity index (χ1v) is 7.45. The quantitative estimate of drug-likeness (QED) is 0.904. The highest BCUT2D eigenvalue weighted by atomic mass is 79.9. The van der Waals surface area contributed by atoms with Crippen molar-refractivity contribution >= 4 is 15.9 Å². The van der Waals surface area contributed by atoms with Crippen LogP contribution in [0.25, 0.3) is 0 Å². The van der Waals surface area contributed by atoms with Gasteiger partial charge < -0.3 is 10.5 Å². The average Bonchev–Trinajstić information content (AvgIpc) is 2.40. The minimum atomic E-state index is -0.0632. The van der Waals surface area contributed by atoms with E-state index in [0.29, 0.717) is 0 Å². The van der Waals surface area contributed by atoms with Gasteiger partial charge >= 0.3 is 0 Å². The first-order chi connectivity index (χ1) is 9.51. The Morgan fingerprint density at radius 1 is 1.15 bits per heavy atom. The maximum Gasteiger partial charge on any atom is 0.124 e. The maximum atomic E-state index is 6.40. The van der Waals surface area contributed by atoms with Crippen LogP contribution in [0.2, 0.25) is 0 Å². The number of hydrogen-bond donors (Lipinski definition) is 1. The predicted octanol–water partition coefficient (Wildman–Crippen LogP) is 4.32. The molecular formula is C17H20BrNO. The molecule has 0 fully saturated rings. The van der Waals surface area contributed by atoms with E-state index in [0.717, 1.165) is 22.2 Å². The molecule has 2 N–H and O–H groups in total. The highest BCUT2D eigenvalue weighted by Gasteiger charge is 2.16. The van der Waals surface area contributed by atoms with E-state index >= 15 is 0 Å². The predicted molar refractivity (Wildman–Crippen MR) is 87.2 cm³/mol. The highest BCUT2D eigenvalue weighted by Crippen LogP contribution is 2.30. The van der Waals surface area contributed by atoms with Crippen molar-refractivity contribution in [2.45, 2.75) is 26.3 Å².